The van der Waals surface area contributed by atoms with E-state index in [2.05, 4.69) is 18.6 Å². The second-order valence-electron chi connectivity index (χ2n) is 2.52. The molecule has 2 aliphatic heterocycles. The van der Waals surface area contributed by atoms with Crippen LogP contribution >= 0.6 is 0 Å². The molecular weight excluding hydrogens is 88.1 g/mol. The van der Waals surface area contributed by atoms with Gasteiger partial charge in [-0.25, -0.2) is 0 Å². The van der Waals surface area contributed by atoms with Gasteiger partial charge in [0.15, 0.2) is 0 Å². The molecule has 7 heavy (non-hydrogen) atoms. The maximum atomic E-state index is 3.10. The van der Waals surface area contributed by atoms with Crippen molar-refractivity contribution >= 4 is 0 Å². The van der Waals surface area contributed by atoms with Crippen LogP contribution in [0.2, 0.25) is 0 Å². The van der Waals surface area contributed by atoms with Gasteiger partial charge in [0.2, 0.25) is 5.82 Å². The van der Waals surface area contributed by atoms with E-state index in [9.17, 15) is 0 Å². The Morgan fingerprint density at radius 3 is 2.43 bits per heavy atom. The molecule has 0 aromatic heterocycles. The zero-order valence-corrected chi connectivity index (χ0v) is 4.44. The summed E-state index contributed by atoms with van der Waals surface area (Å²) in [7, 11) is 2.24. The Kier molecular flexibility index (Phi) is 0.356. The molecule has 0 aromatic rings. The van der Waals surface area contributed by atoms with Crippen LogP contribution in [0.1, 0.15) is 0 Å². The fourth-order valence-corrected chi connectivity index (χ4v) is 0.735. The Morgan fingerprint density at radius 1 is 1.71 bits per heavy atom. The molecule has 2 nitrogen and oxygen atoms in total. The fourth-order valence-electron chi connectivity index (χ4n) is 0.735. The maximum Gasteiger partial charge on any atom is 0.222 e. The molecule has 1 saturated heterocycles. The lowest BCUT2D eigenvalue weighted by molar-refractivity contribution is -0.731. The van der Waals surface area contributed by atoms with Gasteiger partial charge in [0.1, 0.15) is 13.1 Å². The molecule has 2 aliphatic rings. The predicted octanol–water partition coefficient (Wildman–Crippen LogP) is -0.151. The lowest BCUT2D eigenvalue weighted by atomic mass is 10.8. The van der Waals surface area contributed by atoms with Gasteiger partial charge < -0.3 is 5.32 Å². The summed E-state index contributed by atoms with van der Waals surface area (Å²) in [5.41, 5.74) is 0. The topological polar surface area (TPSA) is 21.9 Å². The van der Waals surface area contributed by atoms with E-state index >= 15 is 0 Å². The number of hydrogen-bond acceptors (Lipinski definition) is 1. The van der Waals surface area contributed by atoms with Crippen molar-refractivity contribution in [1.82, 2.24) is 5.32 Å². The molecule has 38 valence electrons. The van der Waals surface area contributed by atoms with Gasteiger partial charge in [-0.05, 0) is 0 Å². The van der Waals surface area contributed by atoms with E-state index in [0.717, 1.165) is 0 Å². The molecule has 0 unspecified atom stereocenters. The second-order valence-corrected chi connectivity index (χ2v) is 2.52. The fraction of sp³-hybridized carbons (Fsp3) is 0.600. The third-order valence-corrected chi connectivity index (χ3v) is 1.75. The standard InChI is InChI=1S/C5H9N2/c1-7(2-3-7)5-4-6-5/h4,6H,2-3H2,1H3/q+1. The van der Waals surface area contributed by atoms with Gasteiger partial charge >= 0.3 is 0 Å². The normalized spacial score (nSPS) is 30.7. The third-order valence-electron chi connectivity index (χ3n) is 1.75. The van der Waals surface area contributed by atoms with E-state index in [0.29, 0.717) is 0 Å². The van der Waals surface area contributed by atoms with Crippen LogP contribution in [0.5, 0.6) is 0 Å². The molecule has 0 aromatic carbocycles. The van der Waals surface area contributed by atoms with E-state index in [1.165, 1.54) is 23.4 Å². The zero-order valence-electron chi connectivity index (χ0n) is 4.44. The van der Waals surface area contributed by atoms with Crippen LogP contribution < -0.4 is 5.32 Å². The van der Waals surface area contributed by atoms with Crippen molar-refractivity contribution in [2.75, 3.05) is 20.1 Å². The van der Waals surface area contributed by atoms with E-state index in [4.69, 9.17) is 0 Å². The minimum absolute atomic E-state index is 1.17. The summed E-state index contributed by atoms with van der Waals surface area (Å²) in [6.45, 7) is 2.66. The highest BCUT2D eigenvalue weighted by Gasteiger charge is 2.45. The van der Waals surface area contributed by atoms with Crippen LogP contribution in [0.3, 0.4) is 0 Å². The number of quaternary nitrogens is 1. The summed E-state index contributed by atoms with van der Waals surface area (Å²) in [6, 6.07) is 0. The van der Waals surface area contributed by atoms with Crippen LogP contribution in [0, 0.1) is 0 Å². The minimum Gasteiger partial charge on any atom is -0.309 e. The summed E-state index contributed by atoms with van der Waals surface area (Å²) < 4.78 is 1.17. The summed E-state index contributed by atoms with van der Waals surface area (Å²) in [4.78, 5) is 0. The van der Waals surface area contributed by atoms with Gasteiger partial charge in [0.25, 0.3) is 0 Å². The first-order chi connectivity index (χ1) is 3.31. The Labute approximate surface area is 43.0 Å². The molecule has 2 heteroatoms. The first-order valence-electron chi connectivity index (χ1n) is 2.63. The molecule has 0 amide bonds. The van der Waals surface area contributed by atoms with Crippen LogP contribution in [0.4, 0.5) is 0 Å². The zero-order chi connectivity index (χ0) is 4.91. The molecular formula is C5H9N2+. The average molecular weight is 97.1 g/mol. The summed E-state index contributed by atoms with van der Waals surface area (Å²) in [5, 5.41) is 3.10. The summed E-state index contributed by atoms with van der Waals surface area (Å²) in [6.07, 6.45) is 2.08. The van der Waals surface area contributed by atoms with E-state index in [1.807, 2.05) is 0 Å². The summed E-state index contributed by atoms with van der Waals surface area (Å²) in [5.74, 6) is 1.42. The van der Waals surface area contributed by atoms with Gasteiger partial charge in [-0.1, -0.05) is 0 Å². The molecule has 0 saturated carbocycles. The van der Waals surface area contributed by atoms with E-state index in [-0.39, 0.29) is 0 Å². The molecule has 0 atom stereocenters. The molecule has 1 N–H and O–H groups in total. The SMILES string of the molecule is C[N+]1(C2=CN2)CC1. The lowest BCUT2D eigenvalue weighted by Crippen LogP contribution is -2.15. The highest BCUT2D eigenvalue weighted by molar-refractivity contribution is 5.09. The van der Waals surface area contributed by atoms with Crippen LogP contribution in [0.15, 0.2) is 12.0 Å². The highest BCUT2D eigenvalue weighted by Crippen LogP contribution is 2.28. The van der Waals surface area contributed by atoms with Crippen molar-refractivity contribution in [3.8, 4) is 0 Å². The first kappa shape index (κ1) is 3.50. The van der Waals surface area contributed by atoms with Crippen molar-refractivity contribution in [3.63, 3.8) is 0 Å². The number of hydrogen-bond donors (Lipinski definition) is 1. The number of nitrogens with one attached hydrogen (secondary N) is 1. The van der Waals surface area contributed by atoms with Gasteiger partial charge in [-0.2, -0.15) is 0 Å². The van der Waals surface area contributed by atoms with Crippen molar-refractivity contribution in [1.29, 1.82) is 0 Å². The number of nitrogens with zero attached hydrogens (tertiary/aromatic N) is 1. The quantitative estimate of drug-likeness (QED) is 0.356. The Bertz CT molecular complexity index is 133. The van der Waals surface area contributed by atoms with Crippen molar-refractivity contribution in [3.05, 3.63) is 12.0 Å². The smallest absolute Gasteiger partial charge is 0.222 e. The molecule has 0 aliphatic carbocycles. The molecule has 2 rings (SSSR count). The molecule has 2 heterocycles. The van der Waals surface area contributed by atoms with Crippen LogP contribution in [-0.4, -0.2) is 24.6 Å². The Hall–Kier alpha value is -0.500. The Morgan fingerprint density at radius 2 is 2.29 bits per heavy atom. The molecule has 0 bridgehead atoms. The van der Waals surface area contributed by atoms with Gasteiger partial charge in [-0.15, -0.1) is 0 Å². The first-order valence-corrected chi connectivity index (χ1v) is 2.63. The maximum absolute atomic E-state index is 3.10. The highest BCUT2D eigenvalue weighted by atomic mass is 15.5. The number of likely N-dealkylation sites (N-methyl/N-ethyl adjacent to an activating group) is 1. The van der Waals surface area contributed by atoms with E-state index in [1.54, 1.807) is 0 Å². The monoisotopic (exact) mass is 97.1 g/mol. The Balaban J connectivity index is 2.18. The number of rotatable bonds is 1. The lowest BCUT2D eigenvalue weighted by Gasteiger charge is -2.00. The van der Waals surface area contributed by atoms with Gasteiger partial charge in [0, 0.05) is 0 Å². The molecule has 0 radical (unpaired) electrons. The van der Waals surface area contributed by atoms with Crippen molar-refractivity contribution in [2.24, 2.45) is 0 Å². The van der Waals surface area contributed by atoms with Gasteiger partial charge in [-0.3, -0.25) is 4.48 Å². The van der Waals surface area contributed by atoms with Gasteiger partial charge in [0.05, 0.1) is 13.2 Å². The second kappa shape index (κ2) is 0.713. The summed E-state index contributed by atoms with van der Waals surface area (Å²) >= 11 is 0. The van der Waals surface area contributed by atoms with Crippen LogP contribution in [-0.2, 0) is 0 Å². The third kappa shape index (κ3) is 0.370. The minimum atomic E-state index is 1.17. The van der Waals surface area contributed by atoms with Crippen molar-refractivity contribution < 1.29 is 4.48 Å². The average Bonchev–Trinajstić information content (AvgIpc) is 2.14. The largest absolute Gasteiger partial charge is 0.309 e. The van der Waals surface area contributed by atoms with E-state index < -0.39 is 0 Å². The van der Waals surface area contributed by atoms with Crippen LogP contribution in [0.25, 0.3) is 0 Å². The van der Waals surface area contributed by atoms with Crippen molar-refractivity contribution in [2.45, 2.75) is 0 Å². The predicted molar refractivity (Wildman–Crippen MR) is 27.1 cm³/mol. The molecule has 1 fully saturated rings. The molecule has 0 spiro atoms.